The number of carbonyl (C=O) groups is 2. The van der Waals surface area contributed by atoms with Crippen LogP contribution in [0.25, 0.3) is 0 Å². The second kappa shape index (κ2) is 11.6. The number of hydrogen-bond donors (Lipinski definition) is 1. The first-order valence-electron chi connectivity index (χ1n) is 10.7. The normalized spacial score (nSPS) is 17.5. The minimum atomic E-state index is -1.40. The SMILES string of the molecule is CCC(Oc1cc(Br)c(Oc2ccccc2)c(Br)c1)C(=O)C(C#N)C(=O)N1CCNCC1C. The van der Waals surface area contributed by atoms with Gasteiger partial charge in [0.1, 0.15) is 11.5 Å². The van der Waals surface area contributed by atoms with E-state index < -0.39 is 23.7 Å². The van der Waals surface area contributed by atoms with E-state index in [4.69, 9.17) is 9.47 Å². The average molecular weight is 579 g/mol. The van der Waals surface area contributed by atoms with Gasteiger partial charge in [-0.15, -0.1) is 0 Å². The third kappa shape index (κ3) is 6.14. The number of ketones is 1. The van der Waals surface area contributed by atoms with E-state index in [-0.39, 0.29) is 6.04 Å². The highest BCUT2D eigenvalue weighted by Crippen LogP contribution is 2.40. The van der Waals surface area contributed by atoms with Crippen molar-refractivity contribution in [2.75, 3.05) is 19.6 Å². The van der Waals surface area contributed by atoms with Crippen molar-refractivity contribution in [2.45, 2.75) is 32.4 Å². The molecule has 33 heavy (non-hydrogen) atoms. The Labute approximate surface area is 210 Å². The number of nitrogens with zero attached hydrogens (tertiary/aromatic N) is 2. The molecule has 2 aromatic carbocycles. The van der Waals surface area contributed by atoms with Crippen molar-refractivity contribution < 1.29 is 19.1 Å². The summed E-state index contributed by atoms with van der Waals surface area (Å²) in [6.07, 6.45) is -0.615. The summed E-state index contributed by atoms with van der Waals surface area (Å²) in [5.74, 6) is -0.755. The highest BCUT2D eigenvalue weighted by atomic mass is 79.9. The van der Waals surface area contributed by atoms with Gasteiger partial charge in [-0.05, 0) is 69.5 Å². The minimum Gasteiger partial charge on any atom is -0.483 e. The van der Waals surface area contributed by atoms with Gasteiger partial charge >= 0.3 is 0 Å². The fourth-order valence-electron chi connectivity index (χ4n) is 3.58. The number of para-hydroxylation sites is 1. The smallest absolute Gasteiger partial charge is 0.248 e. The van der Waals surface area contributed by atoms with Gasteiger partial charge in [-0.25, -0.2) is 0 Å². The van der Waals surface area contributed by atoms with Crippen LogP contribution in [-0.4, -0.2) is 48.4 Å². The van der Waals surface area contributed by atoms with Crippen molar-refractivity contribution in [3.63, 3.8) is 0 Å². The predicted octanol–water partition coefficient (Wildman–Crippen LogP) is 4.69. The van der Waals surface area contributed by atoms with Gasteiger partial charge in [-0.1, -0.05) is 25.1 Å². The summed E-state index contributed by atoms with van der Waals surface area (Å²) < 4.78 is 13.1. The molecule has 0 aliphatic carbocycles. The molecule has 1 saturated heterocycles. The molecule has 0 bridgehead atoms. The fourth-order valence-corrected chi connectivity index (χ4v) is 4.88. The lowest BCUT2D eigenvalue weighted by Crippen LogP contribution is -2.55. The number of carbonyl (C=O) groups excluding carboxylic acids is 2. The van der Waals surface area contributed by atoms with Crippen LogP contribution in [-0.2, 0) is 9.59 Å². The number of nitriles is 1. The van der Waals surface area contributed by atoms with Crippen LogP contribution < -0.4 is 14.8 Å². The quantitative estimate of drug-likeness (QED) is 0.457. The molecule has 1 heterocycles. The Bertz CT molecular complexity index is 1020. The molecule has 3 rings (SSSR count). The molecule has 3 atom stereocenters. The van der Waals surface area contributed by atoms with Crippen molar-refractivity contribution in [1.29, 1.82) is 5.26 Å². The van der Waals surface area contributed by atoms with E-state index in [2.05, 4.69) is 37.2 Å². The molecule has 174 valence electrons. The molecule has 1 aliphatic rings. The standard InChI is InChI=1S/C24H25Br2N3O4/c1-3-21(22(30)18(13-27)24(31)29-10-9-28-14-15(29)2)32-17-11-19(25)23(20(26)12-17)33-16-7-5-4-6-8-16/h4-8,11-12,15,18,21,28H,3,9-10,14H2,1-2H3. The molecule has 0 aromatic heterocycles. The Morgan fingerprint density at radius 1 is 1.21 bits per heavy atom. The summed E-state index contributed by atoms with van der Waals surface area (Å²) in [5, 5.41) is 12.8. The number of amides is 1. The third-order valence-electron chi connectivity index (χ3n) is 5.35. The number of rotatable bonds is 8. The highest BCUT2D eigenvalue weighted by Gasteiger charge is 2.38. The van der Waals surface area contributed by atoms with Gasteiger partial charge in [-0.2, -0.15) is 5.26 Å². The summed E-state index contributed by atoms with van der Waals surface area (Å²) in [7, 11) is 0. The fraction of sp³-hybridized carbons (Fsp3) is 0.375. The van der Waals surface area contributed by atoms with Gasteiger partial charge < -0.3 is 19.7 Å². The van der Waals surface area contributed by atoms with Crippen LogP contribution in [0.2, 0.25) is 0 Å². The van der Waals surface area contributed by atoms with Crippen LogP contribution in [0.1, 0.15) is 20.3 Å². The molecule has 0 saturated carbocycles. The average Bonchev–Trinajstić information content (AvgIpc) is 2.81. The van der Waals surface area contributed by atoms with Crippen molar-refractivity contribution in [3.8, 4) is 23.3 Å². The lowest BCUT2D eigenvalue weighted by molar-refractivity contribution is -0.143. The number of halogens is 2. The zero-order valence-corrected chi connectivity index (χ0v) is 21.6. The predicted molar refractivity (Wildman–Crippen MR) is 131 cm³/mol. The Morgan fingerprint density at radius 2 is 1.88 bits per heavy atom. The second-order valence-electron chi connectivity index (χ2n) is 7.70. The lowest BCUT2D eigenvalue weighted by atomic mass is 9.97. The summed E-state index contributed by atoms with van der Waals surface area (Å²) in [6.45, 7) is 5.41. The van der Waals surface area contributed by atoms with Gasteiger partial charge in [0.2, 0.25) is 5.91 Å². The molecule has 1 amide bonds. The van der Waals surface area contributed by atoms with Crippen molar-refractivity contribution in [2.24, 2.45) is 5.92 Å². The van der Waals surface area contributed by atoms with E-state index in [9.17, 15) is 14.9 Å². The molecule has 0 radical (unpaired) electrons. The van der Waals surface area contributed by atoms with Crippen molar-refractivity contribution in [1.82, 2.24) is 10.2 Å². The Balaban J connectivity index is 1.75. The molecule has 7 nitrogen and oxygen atoms in total. The number of ether oxygens (including phenoxy) is 2. The first-order chi connectivity index (χ1) is 15.8. The van der Waals surface area contributed by atoms with E-state index >= 15 is 0 Å². The van der Waals surface area contributed by atoms with Crippen LogP contribution in [0, 0.1) is 17.2 Å². The Kier molecular flexibility index (Phi) is 8.89. The molecular weight excluding hydrogens is 554 g/mol. The highest BCUT2D eigenvalue weighted by molar-refractivity contribution is 9.11. The molecule has 0 spiro atoms. The summed E-state index contributed by atoms with van der Waals surface area (Å²) in [5.41, 5.74) is 0. The Hall–Kier alpha value is -2.41. The van der Waals surface area contributed by atoms with Crippen LogP contribution in [0.4, 0.5) is 0 Å². The van der Waals surface area contributed by atoms with Crippen LogP contribution in [0.3, 0.4) is 0 Å². The number of benzene rings is 2. The zero-order valence-electron chi connectivity index (χ0n) is 18.4. The zero-order chi connectivity index (χ0) is 24.0. The summed E-state index contributed by atoms with van der Waals surface area (Å²) in [6, 6.07) is 14.5. The maximum Gasteiger partial charge on any atom is 0.248 e. The largest absolute Gasteiger partial charge is 0.483 e. The number of Topliss-reactive ketones (excluding diaryl/α,β-unsaturated/α-hetero) is 1. The van der Waals surface area contributed by atoms with Crippen LogP contribution >= 0.6 is 31.9 Å². The van der Waals surface area contributed by atoms with Crippen molar-refractivity contribution in [3.05, 3.63) is 51.4 Å². The first-order valence-corrected chi connectivity index (χ1v) is 12.3. The molecule has 3 unspecified atom stereocenters. The van der Waals surface area contributed by atoms with Gasteiger partial charge in [0, 0.05) is 25.7 Å². The number of piperazine rings is 1. The third-order valence-corrected chi connectivity index (χ3v) is 6.52. The Morgan fingerprint density at radius 3 is 2.45 bits per heavy atom. The summed E-state index contributed by atoms with van der Waals surface area (Å²) in [4.78, 5) is 27.7. The van der Waals surface area contributed by atoms with E-state index in [1.807, 2.05) is 43.3 Å². The van der Waals surface area contributed by atoms with Gasteiger partial charge in [0.25, 0.3) is 0 Å². The monoisotopic (exact) mass is 577 g/mol. The number of hydrogen-bond acceptors (Lipinski definition) is 6. The molecule has 2 aromatic rings. The van der Waals surface area contributed by atoms with Crippen LogP contribution in [0.15, 0.2) is 51.4 Å². The maximum absolute atomic E-state index is 13.1. The topological polar surface area (TPSA) is 91.7 Å². The lowest BCUT2D eigenvalue weighted by Gasteiger charge is -2.35. The maximum atomic E-state index is 13.1. The van der Waals surface area contributed by atoms with Crippen molar-refractivity contribution >= 4 is 43.6 Å². The molecular formula is C24H25Br2N3O4. The second-order valence-corrected chi connectivity index (χ2v) is 9.40. The first kappa shape index (κ1) is 25.2. The van der Waals surface area contributed by atoms with Gasteiger partial charge in [-0.3, -0.25) is 9.59 Å². The number of nitrogens with one attached hydrogen (secondary N) is 1. The minimum absolute atomic E-state index is 0.0834. The van der Waals surface area contributed by atoms with Crippen LogP contribution in [0.5, 0.6) is 17.2 Å². The molecule has 1 aliphatic heterocycles. The molecule has 1 N–H and O–H groups in total. The van der Waals surface area contributed by atoms with Gasteiger partial charge in [0.15, 0.2) is 23.6 Å². The summed E-state index contributed by atoms with van der Waals surface area (Å²) >= 11 is 6.98. The van der Waals surface area contributed by atoms with E-state index in [1.54, 1.807) is 24.0 Å². The van der Waals surface area contributed by atoms with Gasteiger partial charge in [0.05, 0.1) is 15.0 Å². The van der Waals surface area contributed by atoms with E-state index in [1.165, 1.54) is 0 Å². The molecule has 1 fully saturated rings. The van der Waals surface area contributed by atoms with E-state index in [0.717, 1.165) is 0 Å². The molecule has 9 heteroatoms. The van der Waals surface area contributed by atoms with E-state index in [0.29, 0.717) is 52.2 Å².